The molecule has 0 aromatic carbocycles. The van der Waals surface area contributed by atoms with E-state index in [1.54, 1.807) is 10.9 Å². The highest BCUT2D eigenvalue weighted by Gasteiger charge is 2.38. The molecule has 0 atom stereocenters. The zero-order chi connectivity index (χ0) is 16.5. The first kappa shape index (κ1) is 16.5. The average Bonchev–Trinajstić information content (AvgIpc) is 2.95. The van der Waals surface area contributed by atoms with Crippen LogP contribution in [0.3, 0.4) is 0 Å². The Morgan fingerprint density at radius 2 is 2.00 bits per heavy atom. The predicted molar refractivity (Wildman–Crippen MR) is 70.4 cm³/mol. The summed E-state index contributed by atoms with van der Waals surface area (Å²) in [7, 11) is -3.83. The third-order valence-electron chi connectivity index (χ3n) is 2.85. The molecule has 0 aliphatic rings. The number of hydrogen-bond donors (Lipinski definition) is 0. The highest BCUT2D eigenvalue weighted by molar-refractivity contribution is 7.89. The molecular formula is C12H14F3N3O3S. The Morgan fingerprint density at radius 1 is 1.32 bits per heavy atom. The maximum absolute atomic E-state index is 12.6. The van der Waals surface area contributed by atoms with Crippen molar-refractivity contribution in [2.45, 2.75) is 37.6 Å². The summed E-state index contributed by atoms with van der Waals surface area (Å²) in [5.41, 5.74) is -1.54. The first-order valence-corrected chi connectivity index (χ1v) is 8.15. The molecule has 2 heterocycles. The molecule has 0 aliphatic carbocycles. The van der Waals surface area contributed by atoms with Gasteiger partial charge in [0.05, 0.1) is 17.2 Å². The van der Waals surface area contributed by atoms with Crippen LogP contribution in [0.5, 0.6) is 0 Å². The molecular weight excluding hydrogens is 323 g/mol. The van der Waals surface area contributed by atoms with E-state index in [0.29, 0.717) is 6.26 Å². The van der Waals surface area contributed by atoms with Gasteiger partial charge in [0.15, 0.2) is 15.5 Å². The standard InChI is InChI=1S/C12H14F3N3O3S/c1-8(2)18-4-3-10(16-18)7-22(19,20)6-9-5-21-17-11(9)12(13,14)15/h3-5,8H,6-7H2,1-2H3. The predicted octanol–water partition coefficient (Wildman–Crippen LogP) is 2.59. The molecule has 0 aliphatic heterocycles. The van der Waals surface area contributed by atoms with Gasteiger partial charge >= 0.3 is 6.18 Å². The van der Waals surface area contributed by atoms with Gasteiger partial charge in [-0.25, -0.2) is 8.42 Å². The Morgan fingerprint density at radius 3 is 2.55 bits per heavy atom. The number of nitrogens with zero attached hydrogens (tertiary/aromatic N) is 3. The van der Waals surface area contributed by atoms with E-state index < -0.39 is 38.8 Å². The lowest BCUT2D eigenvalue weighted by Gasteiger charge is -2.06. The van der Waals surface area contributed by atoms with Crippen LogP contribution in [0.4, 0.5) is 13.2 Å². The number of rotatable bonds is 5. The van der Waals surface area contributed by atoms with Gasteiger partial charge in [-0.15, -0.1) is 0 Å². The van der Waals surface area contributed by atoms with Gasteiger partial charge in [-0.2, -0.15) is 18.3 Å². The molecule has 2 aromatic rings. The molecule has 0 unspecified atom stereocenters. The number of halogens is 3. The van der Waals surface area contributed by atoms with Crippen LogP contribution in [-0.2, 0) is 27.5 Å². The number of hydrogen-bond acceptors (Lipinski definition) is 5. The van der Waals surface area contributed by atoms with Crippen molar-refractivity contribution < 1.29 is 26.1 Å². The highest BCUT2D eigenvalue weighted by atomic mass is 32.2. The minimum atomic E-state index is -4.75. The van der Waals surface area contributed by atoms with E-state index >= 15 is 0 Å². The molecule has 0 saturated heterocycles. The van der Waals surface area contributed by atoms with E-state index in [0.717, 1.165) is 0 Å². The fraction of sp³-hybridized carbons (Fsp3) is 0.500. The van der Waals surface area contributed by atoms with Crippen molar-refractivity contribution in [1.82, 2.24) is 14.9 Å². The Kier molecular flexibility index (Phi) is 4.32. The van der Waals surface area contributed by atoms with Gasteiger partial charge in [0.1, 0.15) is 6.26 Å². The number of sulfone groups is 1. The molecule has 0 amide bonds. The minimum absolute atomic E-state index is 0.0614. The third-order valence-corrected chi connectivity index (χ3v) is 4.33. The van der Waals surface area contributed by atoms with Gasteiger partial charge in [0.2, 0.25) is 0 Å². The monoisotopic (exact) mass is 337 g/mol. The summed E-state index contributed by atoms with van der Waals surface area (Å²) in [4.78, 5) is 0. The Hall–Kier alpha value is -1.84. The first-order valence-electron chi connectivity index (χ1n) is 6.33. The second kappa shape index (κ2) is 5.75. The summed E-state index contributed by atoms with van der Waals surface area (Å²) in [6.45, 7) is 3.75. The van der Waals surface area contributed by atoms with Crippen molar-refractivity contribution in [1.29, 1.82) is 0 Å². The lowest BCUT2D eigenvalue weighted by atomic mass is 10.3. The maximum atomic E-state index is 12.6. The van der Waals surface area contributed by atoms with E-state index in [4.69, 9.17) is 0 Å². The quantitative estimate of drug-likeness (QED) is 0.838. The van der Waals surface area contributed by atoms with Crippen molar-refractivity contribution in [2.24, 2.45) is 0 Å². The summed E-state index contributed by atoms with van der Waals surface area (Å²) < 4.78 is 67.8. The van der Waals surface area contributed by atoms with Crippen molar-refractivity contribution in [3.63, 3.8) is 0 Å². The molecule has 0 radical (unpaired) electrons. The van der Waals surface area contributed by atoms with Crippen LogP contribution in [0.2, 0.25) is 0 Å². The lowest BCUT2D eigenvalue weighted by Crippen LogP contribution is -2.14. The summed E-state index contributed by atoms with van der Waals surface area (Å²) in [6, 6.07) is 1.59. The second-order valence-electron chi connectivity index (χ2n) is 5.10. The fourth-order valence-corrected chi connectivity index (χ4v) is 3.23. The van der Waals surface area contributed by atoms with Crippen molar-refractivity contribution in [3.05, 3.63) is 35.5 Å². The average molecular weight is 337 g/mol. The molecule has 2 aromatic heterocycles. The van der Waals surface area contributed by atoms with Crippen molar-refractivity contribution >= 4 is 9.84 Å². The van der Waals surface area contributed by atoms with Crippen LogP contribution >= 0.6 is 0 Å². The Labute approximate surface area is 124 Å². The number of alkyl halides is 3. The molecule has 10 heteroatoms. The van der Waals surface area contributed by atoms with E-state index in [-0.39, 0.29) is 11.7 Å². The van der Waals surface area contributed by atoms with E-state index in [1.807, 2.05) is 13.8 Å². The van der Waals surface area contributed by atoms with Gasteiger partial charge in [0.25, 0.3) is 0 Å². The SMILES string of the molecule is CC(C)n1ccc(CS(=O)(=O)Cc2conc2C(F)(F)F)n1. The molecule has 0 fully saturated rings. The van der Waals surface area contributed by atoms with Gasteiger partial charge in [-0.1, -0.05) is 5.16 Å². The molecule has 0 bridgehead atoms. The van der Waals surface area contributed by atoms with Gasteiger partial charge in [-0.3, -0.25) is 4.68 Å². The Balaban J connectivity index is 2.16. The first-order chi connectivity index (χ1) is 10.1. The molecule has 6 nitrogen and oxygen atoms in total. The molecule has 122 valence electrons. The highest BCUT2D eigenvalue weighted by Crippen LogP contribution is 2.31. The topological polar surface area (TPSA) is 78.0 Å². The van der Waals surface area contributed by atoms with Crippen LogP contribution < -0.4 is 0 Å². The number of aromatic nitrogens is 3. The summed E-state index contributed by atoms with van der Waals surface area (Å²) >= 11 is 0. The van der Waals surface area contributed by atoms with Crippen LogP contribution in [0.15, 0.2) is 23.0 Å². The zero-order valence-corrected chi connectivity index (χ0v) is 12.6. The molecule has 0 N–H and O–H groups in total. The van der Waals surface area contributed by atoms with Crippen molar-refractivity contribution in [2.75, 3.05) is 0 Å². The van der Waals surface area contributed by atoms with Gasteiger partial charge < -0.3 is 4.52 Å². The molecule has 0 saturated carbocycles. The van der Waals surface area contributed by atoms with Crippen LogP contribution in [0.1, 0.15) is 36.8 Å². The van der Waals surface area contributed by atoms with Gasteiger partial charge in [-0.05, 0) is 19.9 Å². The summed E-state index contributed by atoms with van der Waals surface area (Å²) in [5.74, 6) is -1.25. The van der Waals surface area contributed by atoms with Crippen LogP contribution in [0.25, 0.3) is 0 Å². The third kappa shape index (κ3) is 3.87. The second-order valence-corrected chi connectivity index (χ2v) is 7.16. The van der Waals surface area contributed by atoms with Gasteiger partial charge in [0, 0.05) is 17.8 Å². The minimum Gasteiger partial charge on any atom is -0.364 e. The van der Waals surface area contributed by atoms with E-state index in [1.165, 1.54) is 6.07 Å². The molecule has 0 spiro atoms. The molecule has 22 heavy (non-hydrogen) atoms. The summed E-state index contributed by atoms with van der Waals surface area (Å²) in [6.07, 6.45) is -2.43. The maximum Gasteiger partial charge on any atom is 0.437 e. The van der Waals surface area contributed by atoms with Crippen molar-refractivity contribution in [3.8, 4) is 0 Å². The molecule has 2 rings (SSSR count). The van der Waals surface area contributed by atoms with E-state index in [9.17, 15) is 21.6 Å². The largest absolute Gasteiger partial charge is 0.437 e. The summed E-state index contributed by atoms with van der Waals surface area (Å²) in [5, 5.41) is 6.89. The van der Waals surface area contributed by atoms with Crippen LogP contribution in [0, 0.1) is 0 Å². The van der Waals surface area contributed by atoms with E-state index in [2.05, 4.69) is 14.8 Å². The Bertz CT molecular complexity index is 747. The van der Waals surface area contributed by atoms with Crippen LogP contribution in [-0.4, -0.2) is 23.4 Å². The zero-order valence-electron chi connectivity index (χ0n) is 11.8. The smallest absolute Gasteiger partial charge is 0.364 e. The normalized spacial score (nSPS) is 13.0. The lowest BCUT2D eigenvalue weighted by molar-refractivity contribution is -0.143. The fourth-order valence-electron chi connectivity index (χ4n) is 1.85.